The highest BCUT2D eigenvalue weighted by Crippen LogP contribution is 2.30. The van der Waals surface area contributed by atoms with Crippen LogP contribution in [0.4, 0.5) is 0 Å². The van der Waals surface area contributed by atoms with Crippen molar-refractivity contribution in [1.82, 2.24) is 4.98 Å². The van der Waals surface area contributed by atoms with Crippen molar-refractivity contribution < 1.29 is 9.84 Å². The lowest BCUT2D eigenvalue weighted by molar-refractivity contribution is 0.271. The molecular formula is C7H7Cl2NO2. The van der Waals surface area contributed by atoms with E-state index in [0.717, 1.165) is 0 Å². The topological polar surface area (TPSA) is 42.4 Å². The third kappa shape index (κ3) is 1.63. The van der Waals surface area contributed by atoms with E-state index < -0.39 is 0 Å². The number of methoxy groups -OCH3 is 1. The lowest BCUT2D eigenvalue weighted by Gasteiger charge is -2.06. The Balaban J connectivity index is 3.25. The number of pyridine rings is 1. The molecule has 0 saturated carbocycles. The fourth-order valence-corrected chi connectivity index (χ4v) is 1.15. The molecule has 1 aromatic rings. The van der Waals surface area contributed by atoms with E-state index in [1.165, 1.54) is 13.3 Å². The van der Waals surface area contributed by atoms with Gasteiger partial charge in [0.05, 0.1) is 35.5 Å². The van der Waals surface area contributed by atoms with Gasteiger partial charge in [0, 0.05) is 0 Å². The van der Waals surface area contributed by atoms with Crippen LogP contribution in [-0.2, 0) is 6.61 Å². The molecule has 0 saturated heterocycles. The Hall–Kier alpha value is -0.510. The van der Waals surface area contributed by atoms with E-state index in [0.29, 0.717) is 16.5 Å². The predicted octanol–water partition coefficient (Wildman–Crippen LogP) is 1.89. The van der Waals surface area contributed by atoms with Crippen molar-refractivity contribution in [3.8, 4) is 5.88 Å². The van der Waals surface area contributed by atoms with Crippen LogP contribution < -0.4 is 4.74 Å². The summed E-state index contributed by atoms with van der Waals surface area (Å²) in [6.07, 6.45) is 1.38. The van der Waals surface area contributed by atoms with Crippen molar-refractivity contribution in [1.29, 1.82) is 0 Å². The van der Waals surface area contributed by atoms with E-state index in [1.54, 1.807) is 0 Å². The van der Waals surface area contributed by atoms with Crippen molar-refractivity contribution in [2.24, 2.45) is 0 Å². The van der Waals surface area contributed by atoms with Gasteiger partial charge in [0.1, 0.15) is 0 Å². The van der Waals surface area contributed by atoms with Crippen LogP contribution in [0.5, 0.6) is 5.88 Å². The van der Waals surface area contributed by atoms with Gasteiger partial charge in [-0.05, 0) is 0 Å². The molecule has 0 fully saturated rings. The van der Waals surface area contributed by atoms with Crippen LogP contribution in [-0.4, -0.2) is 17.2 Å². The molecule has 0 aliphatic rings. The molecule has 0 atom stereocenters. The number of aromatic nitrogens is 1. The van der Waals surface area contributed by atoms with Crippen LogP contribution in [0.3, 0.4) is 0 Å². The second-order valence-electron chi connectivity index (χ2n) is 2.07. The fraction of sp³-hybridized carbons (Fsp3) is 0.286. The number of hydrogen-bond donors (Lipinski definition) is 1. The number of hydrogen-bond acceptors (Lipinski definition) is 3. The van der Waals surface area contributed by atoms with Crippen molar-refractivity contribution in [3.05, 3.63) is 21.8 Å². The molecule has 0 radical (unpaired) electrons. The highest BCUT2D eigenvalue weighted by atomic mass is 35.5. The Morgan fingerprint density at radius 1 is 1.58 bits per heavy atom. The van der Waals surface area contributed by atoms with Gasteiger partial charge in [-0.1, -0.05) is 23.2 Å². The van der Waals surface area contributed by atoms with Gasteiger partial charge in [-0.3, -0.25) is 0 Å². The van der Waals surface area contributed by atoms with Crippen LogP contribution in [0.1, 0.15) is 5.56 Å². The first kappa shape index (κ1) is 9.58. The predicted molar refractivity (Wildman–Crippen MR) is 46.7 cm³/mol. The molecule has 3 nitrogen and oxygen atoms in total. The maximum Gasteiger partial charge on any atom is 0.220 e. The van der Waals surface area contributed by atoms with Gasteiger partial charge < -0.3 is 9.84 Å². The number of rotatable bonds is 2. The molecule has 1 aromatic heterocycles. The SMILES string of the molecule is COc1ncc(Cl)c(Cl)c1CO. The van der Waals surface area contributed by atoms with Gasteiger partial charge in [0.15, 0.2) is 0 Å². The van der Waals surface area contributed by atoms with Crippen molar-refractivity contribution in [3.63, 3.8) is 0 Å². The summed E-state index contributed by atoms with van der Waals surface area (Å²) in [5.74, 6) is 0.298. The van der Waals surface area contributed by atoms with Crippen LogP contribution in [0.25, 0.3) is 0 Å². The van der Waals surface area contributed by atoms with E-state index in [2.05, 4.69) is 4.98 Å². The molecule has 66 valence electrons. The van der Waals surface area contributed by atoms with E-state index in [4.69, 9.17) is 33.0 Å². The first-order chi connectivity index (χ1) is 5.70. The average molecular weight is 208 g/mol. The summed E-state index contributed by atoms with van der Waals surface area (Å²) in [6.45, 7) is -0.241. The second kappa shape index (κ2) is 3.94. The summed E-state index contributed by atoms with van der Waals surface area (Å²) in [7, 11) is 1.45. The minimum Gasteiger partial charge on any atom is -0.481 e. The molecule has 1 heterocycles. The molecule has 0 aliphatic heterocycles. The second-order valence-corrected chi connectivity index (χ2v) is 2.85. The molecule has 1 rings (SSSR count). The fourth-order valence-electron chi connectivity index (χ4n) is 0.801. The lowest BCUT2D eigenvalue weighted by Crippen LogP contribution is -1.96. The maximum atomic E-state index is 8.89. The molecule has 0 amide bonds. The van der Waals surface area contributed by atoms with Gasteiger partial charge >= 0.3 is 0 Å². The molecule has 1 N–H and O–H groups in total. The number of nitrogens with zero attached hydrogens (tertiary/aromatic N) is 1. The molecular weight excluding hydrogens is 201 g/mol. The van der Waals surface area contributed by atoms with E-state index in [-0.39, 0.29) is 11.6 Å². The third-order valence-electron chi connectivity index (χ3n) is 1.38. The van der Waals surface area contributed by atoms with Gasteiger partial charge in [-0.2, -0.15) is 0 Å². The van der Waals surface area contributed by atoms with Crippen LogP contribution in [0.2, 0.25) is 10.0 Å². The number of aliphatic hydroxyl groups is 1. The standard InChI is InChI=1S/C7H7Cl2NO2/c1-12-7-4(3-11)6(9)5(8)2-10-7/h2,11H,3H2,1H3. The Morgan fingerprint density at radius 2 is 2.25 bits per heavy atom. The third-order valence-corrected chi connectivity index (χ3v) is 2.19. The van der Waals surface area contributed by atoms with E-state index >= 15 is 0 Å². The normalized spacial score (nSPS) is 10.0. The first-order valence-corrected chi connectivity index (χ1v) is 3.94. The summed E-state index contributed by atoms with van der Waals surface area (Å²) >= 11 is 11.4. The number of halogens is 2. The zero-order valence-electron chi connectivity index (χ0n) is 6.34. The number of ether oxygens (including phenoxy) is 1. The Kier molecular flexibility index (Phi) is 3.14. The Morgan fingerprint density at radius 3 is 2.75 bits per heavy atom. The lowest BCUT2D eigenvalue weighted by atomic mass is 10.3. The summed E-state index contributed by atoms with van der Waals surface area (Å²) in [4.78, 5) is 3.83. The van der Waals surface area contributed by atoms with Crippen LogP contribution >= 0.6 is 23.2 Å². The summed E-state index contributed by atoms with van der Waals surface area (Å²) in [6, 6.07) is 0. The average Bonchev–Trinajstić information content (AvgIpc) is 2.09. The monoisotopic (exact) mass is 207 g/mol. The smallest absolute Gasteiger partial charge is 0.220 e. The molecule has 0 unspecified atom stereocenters. The summed E-state index contributed by atoms with van der Waals surface area (Å²) in [5, 5.41) is 9.48. The van der Waals surface area contributed by atoms with Crippen molar-refractivity contribution >= 4 is 23.2 Å². The van der Waals surface area contributed by atoms with Gasteiger partial charge in [0.25, 0.3) is 0 Å². The summed E-state index contributed by atoms with van der Waals surface area (Å²) in [5.41, 5.74) is 0.409. The highest BCUT2D eigenvalue weighted by Gasteiger charge is 2.11. The maximum absolute atomic E-state index is 8.89. The highest BCUT2D eigenvalue weighted by molar-refractivity contribution is 6.42. The molecule has 0 spiro atoms. The van der Waals surface area contributed by atoms with Gasteiger partial charge in [0.2, 0.25) is 5.88 Å². The Labute approximate surface area is 79.9 Å². The molecule has 0 aliphatic carbocycles. The van der Waals surface area contributed by atoms with Crippen molar-refractivity contribution in [2.75, 3.05) is 7.11 Å². The van der Waals surface area contributed by atoms with Gasteiger partial charge in [-0.25, -0.2) is 4.98 Å². The number of aliphatic hydroxyl groups excluding tert-OH is 1. The molecule has 0 aromatic carbocycles. The zero-order chi connectivity index (χ0) is 9.14. The molecule has 5 heteroatoms. The Bertz CT molecular complexity index is 291. The first-order valence-electron chi connectivity index (χ1n) is 3.18. The van der Waals surface area contributed by atoms with E-state index in [1.807, 2.05) is 0 Å². The summed E-state index contributed by atoms with van der Waals surface area (Å²) < 4.78 is 4.86. The molecule has 12 heavy (non-hydrogen) atoms. The van der Waals surface area contributed by atoms with Crippen LogP contribution in [0.15, 0.2) is 6.20 Å². The van der Waals surface area contributed by atoms with Gasteiger partial charge in [-0.15, -0.1) is 0 Å². The largest absolute Gasteiger partial charge is 0.481 e. The minimum absolute atomic E-state index is 0.241. The minimum atomic E-state index is -0.241. The quantitative estimate of drug-likeness (QED) is 0.806. The van der Waals surface area contributed by atoms with E-state index in [9.17, 15) is 0 Å². The zero-order valence-corrected chi connectivity index (χ0v) is 7.85. The van der Waals surface area contributed by atoms with Crippen molar-refractivity contribution in [2.45, 2.75) is 6.61 Å². The van der Waals surface area contributed by atoms with Crippen LogP contribution in [0, 0.1) is 0 Å². The molecule has 0 bridgehead atoms.